The minimum absolute atomic E-state index is 0.0462. The number of hydrogen-bond donors (Lipinski definition) is 2. The summed E-state index contributed by atoms with van der Waals surface area (Å²) in [5, 5.41) is 19.0. The molecule has 96 valence electrons. The van der Waals surface area contributed by atoms with E-state index in [0.717, 1.165) is 25.7 Å². The summed E-state index contributed by atoms with van der Waals surface area (Å²) in [5.74, 6) is 0.314. The highest BCUT2D eigenvalue weighted by atomic mass is 32.2. The second-order valence-corrected chi connectivity index (χ2v) is 7.30. The van der Waals surface area contributed by atoms with Gasteiger partial charge in [-0.05, 0) is 25.2 Å². The van der Waals surface area contributed by atoms with E-state index in [9.17, 15) is 18.6 Å². The monoisotopic (exact) mass is 250 g/mol. The summed E-state index contributed by atoms with van der Waals surface area (Å²) in [6, 6.07) is 0. The van der Waals surface area contributed by atoms with Crippen molar-refractivity contribution in [2.75, 3.05) is 25.2 Å². The minimum Gasteiger partial charge on any atom is -0.396 e. The highest BCUT2D eigenvalue weighted by Gasteiger charge is 2.39. The topological polar surface area (TPSA) is 74.6 Å². The molecule has 0 radical (unpaired) electrons. The van der Waals surface area contributed by atoms with Crippen molar-refractivity contribution in [3.05, 3.63) is 0 Å². The van der Waals surface area contributed by atoms with Crippen molar-refractivity contribution in [3.63, 3.8) is 0 Å². The molecule has 0 heterocycles. The maximum absolute atomic E-state index is 11.2. The molecule has 0 atom stereocenters. The van der Waals surface area contributed by atoms with Crippen LogP contribution in [0.2, 0.25) is 0 Å². The van der Waals surface area contributed by atoms with E-state index in [-0.39, 0.29) is 24.9 Å². The van der Waals surface area contributed by atoms with Crippen molar-refractivity contribution < 1.29 is 18.6 Å². The first-order valence-electron chi connectivity index (χ1n) is 5.83. The molecule has 2 N–H and O–H groups in total. The van der Waals surface area contributed by atoms with Gasteiger partial charge in [-0.1, -0.05) is 12.8 Å². The predicted molar refractivity (Wildman–Crippen MR) is 62.9 cm³/mol. The second-order valence-electron chi connectivity index (χ2n) is 5.04. The van der Waals surface area contributed by atoms with Crippen molar-refractivity contribution in [1.82, 2.24) is 0 Å². The van der Waals surface area contributed by atoms with Gasteiger partial charge < -0.3 is 10.2 Å². The van der Waals surface area contributed by atoms with Gasteiger partial charge in [-0.3, -0.25) is 0 Å². The lowest BCUT2D eigenvalue weighted by atomic mass is 9.73. The first-order chi connectivity index (χ1) is 7.43. The van der Waals surface area contributed by atoms with Crippen molar-refractivity contribution in [2.45, 2.75) is 32.1 Å². The Morgan fingerprint density at radius 2 is 1.69 bits per heavy atom. The Balaban J connectivity index is 2.70. The number of sulfone groups is 1. The molecule has 0 aromatic carbocycles. The van der Waals surface area contributed by atoms with E-state index in [0.29, 0.717) is 6.42 Å². The highest BCUT2D eigenvalue weighted by molar-refractivity contribution is 7.90. The van der Waals surface area contributed by atoms with Crippen LogP contribution in [0.15, 0.2) is 0 Å². The molecule has 0 aliphatic heterocycles. The van der Waals surface area contributed by atoms with Crippen LogP contribution in [-0.4, -0.2) is 43.9 Å². The molecule has 1 rings (SSSR count). The SMILES string of the molecule is CS(=O)(=O)CCC(CO)(CO)C1CCCC1. The minimum atomic E-state index is -3.03. The maximum atomic E-state index is 11.2. The van der Waals surface area contributed by atoms with Gasteiger partial charge in [-0.25, -0.2) is 8.42 Å². The van der Waals surface area contributed by atoms with Crippen molar-refractivity contribution in [3.8, 4) is 0 Å². The number of rotatable bonds is 6. The van der Waals surface area contributed by atoms with Gasteiger partial charge in [-0.2, -0.15) is 0 Å². The Morgan fingerprint density at radius 1 is 1.19 bits per heavy atom. The van der Waals surface area contributed by atoms with Crippen LogP contribution in [0, 0.1) is 11.3 Å². The summed E-state index contributed by atoms with van der Waals surface area (Å²) in [4.78, 5) is 0. The molecule has 16 heavy (non-hydrogen) atoms. The molecule has 0 aromatic heterocycles. The van der Waals surface area contributed by atoms with Gasteiger partial charge in [0.1, 0.15) is 9.84 Å². The van der Waals surface area contributed by atoms with Gasteiger partial charge >= 0.3 is 0 Å². The molecule has 5 heteroatoms. The smallest absolute Gasteiger partial charge is 0.147 e. The van der Waals surface area contributed by atoms with Crippen molar-refractivity contribution in [2.24, 2.45) is 11.3 Å². The van der Waals surface area contributed by atoms with Crippen LogP contribution in [0.25, 0.3) is 0 Å². The van der Waals surface area contributed by atoms with Gasteiger partial charge in [-0.15, -0.1) is 0 Å². The van der Waals surface area contributed by atoms with Crippen LogP contribution < -0.4 is 0 Å². The molecular formula is C11H22O4S. The molecule has 0 bridgehead atoms. The summed E-state index contributed by atoms with van der Waals surface area (Å²) in [6.45, 7) is -0.243. The van der Waals surface area contributed by atoms with Crippen molar-refractivity contribution >= 4 is 9.84 Å². The number of aliphatic hydroxyl groups excluding tert-OH is 2. The molecule has 1 aliphatic rings. The number of hydrogen-bond acceptors (Lipinski definition) is 4. The van der Waals surface area contributed by atoms with E-state index >= 15 is 0 Å². The fraction of sp³-hybridized carbons (Fsp3) is 1.00. The third kappa shape index (κ3) is 3.43. The third-order valence-electron chi connectivity index (χ3n) is 3.82. The lowest BCUT2D eigenvalue weighted by Crippen LogP contribution is -2.38. The summed E-state index contributed by atoms with van der Waals surface area (Å²) < 4.78 is 22.3. The second kappa shape index (κ2) is 5.47. The first kappa shape index (κ1) is 13.9. The highest BCUT2D eigenvalue weighted by Crippen LogP contribution is 2.42. The quantitative estimate of drug-likeness (QED) is 0.723. The van der Waals surface area contributed by atoms with E-state index in [1.165, 1.54) is 6.26 Å². The summed E-state index contributed by atoms with van der Waals surface area (Å²) in [5.41, 5.74) is -0.598. The van der Waals surface area contributed by atoms with E-state index < -0.39 is 15.3 Å². The molecule has 0 aromatic rings. The molecule has 0 saturated heterocycles. The molecule has 0 amide bonds. The van der Waals surface area contributed by atoms with Crippen LogP contribution >= 0.6 is 0 Å². The lowest BCUT2D eigenvalue weighted by molar-refractivity contribution is 0.00308. The van der Waals surface area contributed by atoms with Crippen molar-refractivity contribution in [1.29, 1.82) is 0 Å². The normalized spacial score (nSPS) is 19.2. The Bertz CT molecular complexity index is 300. The summed E-state index contributed by atoms with van der Waals surface area (Å²) >= 11 is 0. The van der Waals surface area contributed by atoms with Gasteiger partial charge in [0.15, 0.2) is 0 Å². The molecule has 0 spiro atoms. The lowest BCUT2D eigenvalue weighted by Gasteiger charge is -2.35. The van der Waals surface area contributed by atoms with Gasteiger partial charge in [0.2, 0.25) is 0 Å². The Labute approximate surface area is 97.6 Å². The maximum Gasteiger partial charge on any atom is 0.147 e. The Morgan fingerprint density at radius 3 is 2.06 bits per heavy atom. The van der Waals surface area contributed by atoms with Crippen LogP contribution in [-0.2, 0) is 9.84 Å². The first-order valence-corrected chi connectivity index (χ1v) is 7.89. The van der Waals surface area contributed by atoms with Gasteiger partial charge in [0, 0.05) is 11.7 Å². The molecule has 4 nitrogen and oxygen atoms in total. The Hall–Kier alpha value is -0.130. The largest absolute Gasteiger partial charge is 0.396 e. The Kier molecular flexibility index (Phi) is 4.76. The zero-order valence-corrected chi connectivity index (χ0v) is 10.7. The van der Waals surface area contributed by atoms with E-state index in [2.05, 4.69) is 0 Å². The predicted octanol–water partition coefficient (Wildman–Crippen LogP) is 0.582. The zero-order chi connectivity index (χ0) is 12.2. The van der Waals surface area contributed by atoms with E-state index in [4.69, 9.17) is 0 Å². The van der Waals surface area contributed by atoms with Crippen LogP contribution in [0.5, 0.6) is 0 Å². The van der Waals surface area contributed by atoms with Crippen LogP contribution in [0.4, 0.5) is 0 Å². The zero-order valence-electron chi connectivity index (χ0n) is 9.85. The number of aliphatic hydroxyl groups is 2. The van der Waals surface area contributed by atoms with E-state index in [1.54, 1.807) is 0 Å². The van der Waals surface area contributed by atoms with Gasteiger partial charge in [0.25, 0.3) is 0 Å². The third-order valence-corrected chi connectivity index (χ3v) is 4.77. The van der Waals surface area contributed by atoms with E-state index in [1.807, 2.05) is 0 Å². The molecule has 1 saturated carbocycles. The molecular weight excluding hydrogens is 228 g/mol. The molecule has 0 unspecified atom stereocenters. The summed E-state index contributed by atoms with van der Waals surface area (Å²) in [7, 11) is -3.03. The standard InChI is InChI=1S/C11H22O4S/c1-16(14,15)7-6-11(8-12,9-13)10-4-2-3-5-10/h10,12-13H,2-9H2,1H3. The van der Waals surface area contributed by atoms with Gasteiger partial charge in [0.05, 0.1) is 19.0 Å². The molecule has 1 aliphatic carbocycles. The van der Waals surface area contributed by atoms with Crippen LogP contribution in [0.3, 0.4) is 0 Å². The average molecular weight is 250 g/mol. The fourth-order valence-corrected chi connectivity index (χ4v) is 3.37. The molecule has 1 fully saturated rings. The summed E-state index contributed by atoms with van der Waals surface area (Å²) in [6.07, 6.45) is 5.77. The average Bonchev–Trinajstić information content (AvgIpc) is 2.72. The van der Waals surface area contributed by atoms with Crippen LogP contribution in [0.1, 0.15) is 32.1 Å². The fourth-order valence-electron chi connectivity index (χ4n) is 2.60.